The van der Waals surface area contributed by atoms with Crippen molar-refractivity contribution in [1.82, 2.24) is 10.3 Å². The summed E-state index contributed by atoms with van der Waals surface area (Å²) in [5.41, 5.74) is 0.748. The van der Waals surface area contributed by atoms with E-state index in [0.29, 0.717) is 0 Å². The summed E-state index contributed by atoms with van der Waals surface area (Å²) in [5, 5.41) is 5.18. The molecule has 10 heteroatoms. The zero-order chi connectivity index (χ0) is 15.4. The first-order chi connectivity index (χ1) is 9.13. The largest absolute Gasteiger partial charge is 0.309 e. The second-order valence-electron chi connectivity index (χ2n) is 4.41. The Balaban J connectivity index is 2.69. The summed E-state index contributed by atoms with van der Waals surface area (Å²) in [5.74, 6) is -0.877. The van der Waals surface area contributed by atoms with Crippen molar-refractivity contribution in [2.75, 3.05) is 29.0 Å². The lowest BCUT2D eigenvalue weighted by Crippen LogP contribution is -2.22. The topological polar surface area (TPSA) is 105 Å². The Labute approximate surface area is 123 Å². The predicted octanol–water partition coefficient (Wildman–Crippen LogP) is 0.600. The van der Waals surface area contributed by atoms with Crippen LogP contribution in [0.25, 0.3) is 0 Å². The highest BCUT2D eigenvalue weighted by Crippen LogP contribution is 2.21. The van der Waals surface area contributed by atoms with Crippen molar-refractivity contribution in [2.24, 2.45) is 0 Å². The van der Waals surface area contributed by atoms with Crippen LogP contribution in [-0.2, 0) is 19.9 Å². The fourth-order valence-electron chi connectivity index (χ4n) is 1.39. The minimum absolute atomic E-state index is 0.0329. The molecule has 1 atom stereocenters. The molecule has 0 bridgehead atoms. The van der Waals surface area contributed by atoms with E-state index in [0.717, 1.165) is 18.5 Å². The normalized spacial score (nSPS) is 14.2. The van der Waals surface area contributed by atoms with Gasteiger partial charge in [0.25, 0.3) is 0 Å². The van der Waals surface area contributed by atoms with Crippen LogP contribution in [0.3, 0.4) is 0 Å². The van der Waals surface area contributed by atoms with E-state index in [-0.39, 0.29) is 11.2 Å². The molecule has 1 aromatic heterocycles. The first-order valence-electron chi connectivity index (χ1n) is 6.00. The molecule has 0 aliphatic heterocycles. The summed E-state index contributed by atoms with van der Waals surface area (Å²) >= 11 is 1.17. The summed E-state index contributed by atoms with van der Waals surface area (Å²) in [4.78, 5) is 4.17. The van der Waals surface area contributed by atoms with Gasteiger partial charge in [0.15, 0.2) is 5.13 Å². The Morgan fingerprint density at radius 1 is 1.30 bits per heavy atom. The maximum atomic E-state index is 11.7. The van der Waals surface area contributed by atoms with E-state index in [1.54, 1.807) is 5.38 Å². The van der Waals surface area contributed by atoms with E-state index in [4.69, 9.17) is 0 Å². The van der Waals surface area contributed by atoms with E-state index in [2.05, 4.69) is 15.0 Å². The van der Waals surface area contributed by atoms with Crippen LogP contribution in [0.15, 0.2) is 5.38 Å². The Bertz CT molecular complexity index is 636. The molecule has 7 nitrogen and oxygen atoms in total. The van der Waals surface area contributed by atoms with E-state index in [1.165, 1.54) is 11.3 Å². The van der Waals surface area contributed by atoms with Gasteiger partial charge in [-0.1, -0.05) is 6.92 Å². The van der Waals surface area contributed by atoms with Gasteiger partial charge in [0.1, 0.15) is 9.84 Å². The van der Waals surface area contributed by atoms with Crippen molar-refractivity contribution in [3.05, 3.63) is 11.1 Å². The third kappa shape index (κ3) is 6.16. The molecule has 2 N–H and O–H groups in total. The molecule has 1 heterocycles. The number of rotatable bonds is 8. The number of hydrogen-bond acceptors (Lipinski definition) is 7. The van der Waals surface area contributed by atoms with Gasteiger partial charge < -0.3 is 5.32 Å². The third-order valence-electron chi connectivity index (χ3n) is 2.44. The summed E-state index contributed by atoms with van der Waals surface area (Å²) in [6.07, 6.45) is 1.00. The smallest absolute Gasteiger partial charge is 0.235 e. The van der Waals surface area contributed by atoms with Crippen LogP contribution in [0.1, 0.15) is 25.6 Å². The highest BCUT2D eigenvalue weighted by Gasteiger charge is 2.17. The fraction of sp³-hybridized carbons (Fsp3) is 0.700. The lowest BCUT2D eigenvalue weighted by molar-refractivity contribution is 0.586. The average Bonchev–Trinajstić information content (AvgIpc) is 2.74. The lowest BCUT2D eigenvalue weighted by atomic mass is 10.3. The monoisotopic (exact) mass is 341 g/mol. The molecule has 20 heavy (non-hydrogen) atoms. The molecule has 1 unspecified atom stereocenters. The number of nitrogens with zero attached hydrogens (tertiary/aromatic N) is 1. The zero-order valence-corrected chi connectivity index (χ0v) is 14.0. The van der Waals surface area contributed by atoms with Crippen LogP contribution in [0.4, 0.5) is 5.13 Å². The van der Waals surface area contributed by atoms with Crippen molar-refractivity contribution in [1.29, 1.82) is 0 Å². The molecule has 0 saturated heterocycles. The van der Waals surface area contributed by atoms with Gasteiger partial charge in [-0.3, -0.25) is 4.72 Å². The van der Waals surface area contributed by atoms with Crippen LogP contribution in [0.5, 0.6) is 0 Å². The molecule has 0 aliphatic rings. The number of anilines is 1. The molecule has 116 valence electrons. The molecular formula is C10H19N3O4S3. The Hall–Kier alpha value is -0.710. The van der Waals surface area contributed by atoms with Crippen LogP contribution >= 0.6 is 11.3 Å². The summed E-state index contributed by atoms with van der Waals surface area (Å²) in [6.45, 7) is 4.69. The van der Waals surface area contributed by atoms with E-state index >= 15 is 0 Å². The molecule has 0 saturated carbocycles. The van der Waals surface area contributed by atoms with Gasteiger partial charge in [-0.2, -0.15) is 0 Å². The summed E-state index contributed by atoms with van der Waals surface area (Å²) in [6, 6.07) is 0.0329. The van der Waals surface area contributed by atoms with E-state index in [9.17, 15) is 16.8 Å². The second-order valence-corrected chi connectivity index (χ2v) is 9.37. The number of thiazole rings is 1. The second kappa shape index (κ2) is 6.83. The molecule has 0 amide bonds. The number of nitrogens with one attached hydrogen (secondary N) is 2. The minimum atomic E-state index is -3.69. The van der Waals surface area contributed by atoms with Crippen LogP contribution in [0, 0.1) is 0 Å². The highest BCUT2D eigenvalue weighted by molar-refractivity contribution is 7.95. The quantitative estimate of drug-likeness (QED) is 0.717. The van der Waals surface area contributed by atoms with E-state index < -0.39 is 31.4 Å². The molecule has 0 aromatic carbocycles. The average molecular weight is 341 g/mol. The Kier molecular flexibility index (Phi) is 5.92. The lowest BCUT2D eigenvalue weighted by Gasteiger charge is -2.08. The maximum Gasteiger partial charge on any atom is 0.235 e. The number of hydrogen-bond donors (Lipinski definition) is 2. The van der Waals surface area contributed by atoms with Gasteiger partial charge in [0, 0.05) is 17.7 Å². The van der Waals surface area contributed by atoms with Gasteiger partial charge in [0.05, 0.1) is 17.2 Å². The number of sulfonamides is 1. The van der Waals surface area contributed by atoms with Crippen molar-refractivity contribution in [2.45, 2.75) is 19.9 Å². The third-order valence-corrected chi connectivity index (χ3v) is 5.80. The molecule has 0 spiro atoms. The van der Waals surface area contributed by atoms with Crippen molar-refractivity contribution >= 4 is 36.3 Å². The van der Waals surface area contributed by atoms with Crippen LogP contribution in [-0.4, -0.2) is 46.1 Å². The van der Waals surface area contributed by atoms with Gasteiger partial charge in [0.2, 0.25) is 10.0 Å². The molecule has 0 fully saturated rings. The SMILES string of the molecule is CCNC(C)c1csc(NS(=O)(=O)CCS(C)(=O)=O)n1. The van der Waals surface area contributed by atoms with E-state index in [1.807, 2.05) is 13.8 Å². The van der Waals surface area contributed by atoms with Gasteiger partial charge in [-0.25, -0.2) is 21.8 Å². The van der Waals surface area contributed by atoms with Crippen LogP contribution in [0.2, 0.25) is 0 Å². The van der Waals surface area contributed by atoms with Crippen molar-refractivity contribution in [3.8, 4) is 0 Å². The predicted molar refractivity (Wildman–Crippen MR) is 81.3 cm³/mol. The minimum Gasteiger partial charge on any atom is -0.309 e. The van der Waals surface area contributed by atoms with Crippen LogP contribution < -0.4 is 10.0 Å². The van der Waals surface area contributed by atoms with Gasteiger partial charge in [-0.05, 0) is 13.5 Å². The highest BCUT2D eigenvalue weighted by atomic mass is 32.2. The molecule has 0 radical (unpaired) electrons. The molecule has 1 rings (SSSR count). The first kappa shape index (κ1) is 17.3. The zero-order valence-electron chi connectivity index (χ0n) is 11.6. The number of sulfone groups is 1. The van der Waals surface area contributed by atoms with Crippen molar-refractivity contribution < 1.29 is 16.8 Å². The Morgan fingerprint density at radius 2 is 1.95 bits per heavy atom. The summed E-state index contributed by atoms with van der Waals surface area (Å²) in [7, 11) is -7.01. The first-order valence-corrected chi connectivity index (χ1v) is 10.6. The maximum absolute atomic E-state index is 11.7. The van der Waals surface area contributed by atoms with Gasteiger partial charge >= 0.3 is 0 Å². The van der Waals surface area contributed by atoms with Gasteiger partial charge in [-0.15, -0.1) is 11.3 Å². The fourth-order valence-corrected chi connectivity index (χ4v) is 5.11. The Morgan fingerprint density at radius 3 is 2.50 bits per heavy atom. The van der Waals surface area contributed by atoms with Crippen molar-refractivity contribution in [3.63, 3.8) is 0 Å². The molecule has 0 aliphatic carbocycles. The summed E-state index contributed by atoms with van der Waals surface area (Å²) < 4.78 is 47.7. The molecular weight excluding hydrogens is 322 g/mol. The standard InChI is InChI=1S/C10H19N3O4S3/c1-4-11-8(2)9-7-18-10(12-9)13-20(16,17)6-5-19(3,14)15/h7-8,11H,4-6H2,1-3H3,(H,12,13). The molecule has 1 aromatic rings. The number of aromatic nitrogens is 1.